The van der Waals surface area contributed by atoms with Crippen molar-refractivity contribution >= 4 is 28.4 Å². The van der Waals surface area contributed by atoms with Gasteiger partial charge < -0.3 is 28.6 Å². The minimum absolute atomic E-state index is 0.150. The fraction of sp³-hybridized carbons (Fsp3) is 0.412. The van der Waals surface area contributed by atoms with Gasteiger partial charge in [-0.2, -0.15) is 13.2 Å². The normalized spacial score (nSPS) is 17.6. The first-order valence-electron chi connectivity index (χ1n) is 9.92. The molecule has 23 heteroatoms. The number of esters is 1. The Morgan fingerprint density at radius 2 is 1.55 bits per heavy atom. The lowest BCUT2D eigenvalue weighted by molar-refractivity contribution is -0.768. The van der Waals surface area contributed by atoms with E-state index in [2.05, 4.69) is 28.6 Å². The monoisotopic (exact) mass is 622 g/mol. The summed E-state index contributed by atoms with van der Waals surface area (Å²) in [5, 5.41) is 17.8. The maximum Gasteiger partial charge on any atom is 0.511 e. The Labute approximate surface area is 215 Å². The smallest absolute Gasteiger partial charge is 0.475 e. The summed E-state index contributed by atoms with van der Waals surface area (Å²) in [6.45, 7) is -1.49. The van der Waals surface area contributed by atoms with E-state index in [0.717, 1.165) is 6.92 Å². The van der Waals surface area contributed by atoms with Crippen molar-refractivity contribution in [1.82, 2.24) is 0 Å². The third-order valence-corrected chi connectivity index (χ3v) is 5.47. The molecule has 2 rings (SSSR count). The van der Waals surface area contributed by atoms with Crippen molar-refractivity contribution in [2.45, 2.75) is 36.5 Å². The van der Waals surface area contributed by atoms with Crippen molar-refractivity contribution in [2.75, 3.05) is 13.2 Å². The van der Waals surface area contributed by atoms with Crippen LogP contribution in [0, 0.1) is 20.2 Å². The van der Waals surface area contributed by atoms with Gasteiger partial charge >= 0.3 is 28.5 Å². The van der Waals surface area contributed by atoms with Crippen LogP contribution in [0.25, 0.3) is 6.08 Å². The van der Waals surface area contributed by atoms with Crippen LogP contribution in [0.1, 0.15) is 12.5 Å². The van der Waals surface area contributed by atoms with Crippen LogP contribution in [-0.2, 0) is 28.7 Å². The molecular formula is C17H14F8N2O12S. The van der Waals surface area contributed by atoms with Gasteiger partial charge in [-0.3, -0.25) is 0 Å². The Hall–Kier alpha value is -4.31. The van der Waals surface area contributed by atoms with E-state index in [1.165, 1.54) is 0 Å². The van der Waals surface area contributed by atoms with Gasteiger partial charge in [-0.25, -0.2) is 9.59 Å². The van der Waals surface area contributed by atoms with Gasteiger partial charge in [0.1, 0.15) is 23.9 Å². The second-order valence-electron chi connectivity index (χ2n) is 7.43. The van der Waals surface area contributed by atoms with Crippen molar-refractivity contribution < 1.29 is 81.0 Å². The van der Waals surface area contributed by atoms with Gasteiger partial charge in [-0.05, 0) is 24.3 Å². The average Bonchev–Trinajstić information content (AvgIpc) is 2.77. The standard InChI is InChI=1S/C17H14F8N2O12S/c1-8(37-16(29)38-10(6-34-26(30)31)7-35-27(32)33)36-15(28)12-5-9-4-11(40(21,22,23,24)25)2-3-13(9)39-14(12)17(18,19)20/h2-5,8,10,14H,6-7H2,1H3. The van der Waals surface area contributed by atoms with Crippen LogP contribution in [0.4, 0.5) is 37.4 Å². The zero-order valence-electron chi connectivity index (χ0n) is 19.2. The van der Waals surface area contributed by atoms with Crippen LogP contribution < -0.4 is 4.74 Å². The van der Waals surface area contributed by atoms with Gasteiger partial charge in [-0.15, -0.1) is 20.2 Å². The van der Waals surface area contributed by atoms with E-state index in [1.807, 2.05) is 0 Å². The Kier molecular flexibility index (Phi) is 8.25. The molecule has 0 saturated heterocycles. The highest BCUT2D eigenvalue weighted by molar-refractivity contribution is 8.45. The van der Waals surface area contributed by atoms with Gasteiger partial charge in [0.2, 0.25) is 12.4 Å². The SMILES string of the molecule is CC(OC(=O)OC(CO[N+](=O)[O-])CO[N+](=O)[O-])OC(=O)C1=Cc2cc(S(F)(F)(F)(F)F)ccc2OC1C(F)(F)F. The first kappa shape index (κ1) is 31.9. The highest BCUT2D eigenvalue weighted by Crippen LogP contribution is 3.02. The summed E-state index contributed by atoms with van der Waals surface area (Å²) in [6.07, 6.45) is -14.2. The van der Waals surface area contributed by atoms with Crippen LogP contribution in [0.3, 0.4) is 0 Å². The molecule has 40 heavy (non-hydrogen) atoms. The highest BCUT2D eigenvalue weighted by atomic mass is 32.5. The molecule has 0 radical (unpaired) electrons. The Morgan fingerprint density at radius 3 is 2.02 bits per heavy atom. The van der Waals surface area contributed by atoms with Gasteiger partial charge in [0, 0.05) is 12.5 Å². The number of nitrogens with zero attached hydrogens (tertiary/aromatic N) is 2. The zero-order chi connectivity index (χ0) is 30.7. The number of rotatable bonds is 11. The molecule has 2 atom stereocenters. The first-order valence-corrected chi connectivity index (χ1v) is 11.9. The summed E-state index contributed by atoms with van der Waals surface area (Å²) >= 11 is 0. The van der Waals surface area contributed by atoms with Crippen LogP contribution in [-0.4, -0.2) is 60.2 Å². The summed E-state index contributed by atoms with van der Waals surface area (Å²) in [4.78, 5) is 49.9. The van der Waals surface area contributed by atoms with E-state index in [-0.39, 0.29) is 24.3 Å². The number of carbonyl (C=O) groups excluding carboxylic acids is 2. The van der Waals surface area contributed by atoms with E-state index in [0.29, 0.717) is 0 Å². The quantitative estimate of drug-likeness (QED) is 0.108. The highest BCUT2D eigenvalue weighted by Gasteiger charge is 2.65. The molecule has 1 aromatic carbocycles. The number of ether oxygens (including phenoxy) is 4. The number of benzene rings is 1. The molecule has 2 unspecified atom stereocenters. The second-order valence-corrected chi connectivity index (χ2v) is 9.84. The molecule has 0 spiro atoms. The zero-order valence-corrected chi connectivity index (χ0v) is 20.0. The fourth-order valence-corrected chi connectivity index (χ4v) is 3.45. The van der Waals surface area contributed by atoms with Crippen molar-refractivity contribution in [1.29, 1.82) is 0 Å². The summed E-state index contributed by atoms with van der Waals surface area (Å²) in [5.41, 5.74) is -2.52. The molecule has 0 bridgehead atoms. The van der Waals surface area contributed by atoms with Gasteiger partial charge in [0.15, 0.2) is 6.10 Å². The van der Waals surface area contributed by atoms with Crippen LogP contribution >= 0.6 is 10.2 Å². The molecule has 1 heterocycles. The average molecular weight is 622 g/mol. The molecule has 0 aliphatic carbocycles. The summed E-state index contributed by atoms with van der Waals surface area (Å²) in [6, 6.07) is -0.245. The Bertz CT molecular complexity index is 1210. The number of fused-ring (bicyclic) bond motifs is 1. The van der Waals surface area contributed by atoms with Gasteiger partial charge in [0.05, 0.1) is 5.57 Å². The largest absolute Gasteiger partial charge is 0.511 e. The van der Waals surface area contributed by atoms with Crippen molar-refractivity contribution in [3.8, 4) is 5.75 Å². The molecule has 0 aromatic heterocycles. The molecule has 1 aliphatic rings. The molecule has 1 aliphatic heterocycles. The van der Waals surface area contributed by atoms with Gasteiger partial charge in [0.25, 0.3) is 10.2 Å². The molecule has 0 amide bonds. The third kappa shape index (κ3) is 9.16. The number of hydrogen-bond donors (Lipinski definition) is 0. The van der Waals surface area contributed by atoms with Crippen molar-refractivity contribution in [3.63, 3.8) is 0 Å². The van der Waals surface area contributed by atoms with Crippen LogP contribution in [0.15, 0.2) is 28.7 Å². The maximum atomic E-state index is 13.5. The molecule has 1 aromatic rings. The summed E-state index contributed by atoms with van der Waals surface area (Å²) in [5.74, 6) is -2.92. The number of halogens is 8. The summed E-state index contributed by atoms with van der Waals surface area (Å²) in [7, 11) is -10.3. The number of hydrogen-bond acceptors (Lipinski definition) is 12. The lowest BCUT2D eigenvalue weighted by Crippen LogP contribution is -2.41. The van der Waals surface area contributed by atoms with E-state index in [1.54, 1.807) is 0 Å². The summed E-state index contributed by atoms with van der Waals surface area (Å²) < 4.78 is 124. The molecular weight excluding hydrogens is 608 g/mol. The van der Waals surface area contributed by atoms with Crippen LogP contribution in [0.5, 0.6) is 5.75 Å². The maximum absolute atomic E-state index is 13.5. The predicted molar refractivity (Wildman–Crippen MR) is 109 cm³/mol. The Balaban J connectivity index is 2.22. The first-order chi connectivity index (χ1) is 18.0. The topological polar surface area (TPSA) is 176 Å². The third-order valence-electron chi connectivity index (χ3n) is 4.33. The van der Waals surface area contributed by atoms with E-state index >= 15 is 0 Å². The van der Waals surface area contributed by atoms with E-state index in [9.17, 15) is 62.4 Å². The lowest BCUT2D eigenvalue weighted by atomic mass is 10.0. The molecule has 0 fully saturated rings. The Morgan fingerprint density at radius 1 is 1.00 bits per heavy atom. The molecule has 0 N–H and O–H groups in total. The predicted octanol–water partition coefficient (Wildman–Crippen LogP) is 4.88. The minimum atomic E-state index is -10.3. The van der Waals surface area contributed by atoms with E-state index < -0.39 is 92.2 Å². The number of alkyl halides is 3. The molecule has 226 valence electrons. The van der Waals surface area contributed by atoms with Gasteiger partial charge in [-0.1, -0.05) is 19.4 Å². The molecule has 0 saturated carbocycles. The minimum Gasteiger partial charge on any atom is -0.475 e. The number of carbonyl (C=O) groups is 2. The lowest BCUT2D eigenvalue weighted by Gasteiger charge is -2.41. The molecule has 14 nitrogen and oxygen atoms in total. The van der Waals surface area contributed by atoms with Crippen LogP contribution in [0.2, 0.25) is 0 Å². The second kappa shape index (κ2) is 10.3. The van der Waals surface area contributed by atoms with Crippen molar-refractivity contribution in [3.05, 3.63) is 49.6 Å². The van der Waals surface area contributed by atoms with Crippen molar-refractivity contribution in [2.24, 2.45) is 0 Å². The van der Waals surface area contributed by atoms with E-state index in [4.69, 9.17) is 0 Å². The fourth-order valence-electron chi connectivity index (χ4n) is 2.78.